The third-order valence-corrected chi connectivity index (χ3v) is 6.11. The molecule has 0 spiro atoms. The zero-order valence-corrected chi connectivity index (χ0v) is 17.3. The van der Waals surface area contributed by atoms with Crippen molar-refractivity contribution in [2.45, 2.75) is 30.0 Å². The summed E-state index contributed by atoms with van der Waals surface area (Å²) in [6, 6.07) is 13.1. The van der Waals surface area contributed by atoms with Crippen LogP contribution in [0.4, 0.5) is 5.69 Å². The summed E-state index contributed by atoms with van der Waals surface area (Å²) >= 11 is 1.30. The summed E-state index contributed by atoms with van der Waals surface area (Å²) < 4.78 is 9.31. The number of methoxy groups -OCH3 is 2. The van der Waals surface area contributed by atoms with Gasteiger partial charge in [0.15, 0.2) is 16.2 Å². The summed E-state index contributed by atoms with van der Waals surface area (Å²) in [5, 5.41) is 2.90. The Kier molecular flexibility index (Phi) is 5.84. The van der Waals surface area contributed by atoms with E-state index in [4.69, 9.17) is 9.47 Å². The summed E-state index contributed by atoms with van der Waals surface area (Å²) in [5.74, 6) is 0.696. The minimum Gasteiger partial charge on any atom is -0.493 e. The molecule has 1 aliphatic rings. The maximum absolute atomic E-state index is 13.1. The van der Waals surface area contributed by atoms with Crippen molar-refractivity contribution >= 4 is 29.3 Å². The van der Waals surface area contributed by atoms with Gasteiger partial charge in [0.25, 0.3) is 5.91 Å². The lowest BCUT2D eigenvalue weighted by Gasteiger charge is -2.38. The van der Waals surface area contributed by atoms with E-state index in [9.17, 15) is 9.59 Å². The minimum atomic E-state index is -1.22. The average Bonchev–Trinajstić information content (AvgIpc) is 2.72. The van der Waals surface area contributed by atoms with Crippen LogP contribution in [-0.2, 0) is 16.1 Å². The van der Waals surface area contributed by atoms with Crippen LogP contribution in [-0.4, -0.2) is 37.3 Å². The molecule has 28 heavy (non-hydrogen) atoms. The second kappa shape index (κ2) is 8.14. The molecule has 7 heteroatoms. The van der Waals surface area contributed by atoms with E-state index in [0.717, 1.165) is 16.1 Å². The highest BCUT2D eigenvalue weighted by molar-refractivity contribution is 8.02. The highest BCUT2D eigenvalue weighted by Crippen LogP contribution is 2.45. The molecule has 6 nitrogen and oxygen atoms in total. The number of carbonyl (C=O) groups excluding carboxylic acids is 2. The van der Waals surface area contributed by atoms with Gasteiger partial charge in [-0.15, -0.1) is 0 Å². The number of hydrogen-bond donors (Lipinski definition) is 1. The second-order valence-corrected chi connectivity index (χ2v) is 7.98. The molecule has 0 fully saturated rings. The number of para-hydroxylation sites is 1. The van der Waals surface area contributed by atoms with Gasteiger partial charge in [0.2, 0.25) is 5.91 Å². The van der Waals surface area contributed by atoms with Crippen LogP contribution in [0, 0.1) is 0 Å². The Morgan fingerprint density at radius 2 is 1.86 bits per heavy atom. The molecule has 148 valence electrons. The van der Waals surface area contributed by atoms with Gasteiger partial charge in [0.05, 0.1) is 19.9 Å². The van der Waals surface area contributed by atoms with Crippen LogP contribution in [0.5, 0.6) is 11.5 Å². The van der Waals surface area contributed by atoms with Crippen LogP contribution in [0.1, 0.15) is 19.4 Å². The van der Waals surface area contributed by atoms with Crippen LogP contribution in [0.3, 0.4) is 0 Å². The van der Waals surface area contributed by atoms with Gasteiger partial charge in [-0.3, -0.25) is 9.59 Å². The van der Waals surface area contributed by atoms with Gasteiger partial charge in [-0.1, -0.05) is 30.0 Å². The Hall–Kier alpha value is -2.67. The molecule has 2 amide bonds. The zero-order valence-electron chi connectivity index (χ0n) is 16.4. The van der Waals surface area contributed by atoms with Crippen molar-refractivity contribution in [3.63, 3.8) is 0 Å². The Morgan fingerprint density at radius 3 is 2.54 bits per heavy atom. The third kappa shape index (κ3) is 3.54. The maximum atomic E-state index is 13.1. The van der Waals surface area contributed by atoms with Gasteiger partial charge in [0, 0.05) is 18.0 Å². The number of thioether (sulfide) groups is 1. The molecule has 1 atom stereocenters. The van der Waals surface area contributed by atoms with Crippen molar-refractivity contribution < 1.29 is 19.1 Å². The predicted molar refractivity (Wildman–Crippen MR) is 110 cm³/mol. The number of ether oxygens (including phenoxy) is 2. The van der Waals surface area contributed by atoms with E-state index in [1.54, 1.807) is 32.1 Å². The fourth-order valence-electron chi connectivity index (χ4n) is 3.20. The molecule has 1 N–H and O–H groups in total. The molecule has 0 aromatic heterocycles. The highest BCUT2D eigenvalue weighted by atomic mass is 32.2. The van der Waals surface area contributed by atoms with Crippen LogP contribution in [0.25, 0.3) is 0 Å². The molecular formula is C21H24N2O4S. The summed E-state index contributed by atoms with van der Waals surface area (Å²) in [7, 11) is 3.14. The van der Waals surface area contributed by atoms with Crippen molar-refractivity contribution in [1.82, 2.24) is 5.32 Å². The van der Waals surface area contributed by atoms with Gasteiger partial charge in [0.1, 0.15) is 0 Å². The Balaban J connectivity index is 1.79. The van der Waals surface area contributed by atoms with Crippen molar-refractivity contribution in [2.24, 2.45) is 0 Å². The van der Waals surface area contributed by atoms with Gasteiger partial charge < -0.3 is 19.7 Å². The molecule has 1 unspecified atom stereocenters. The van der Waals surface area contributed by atoms with Crippen molar-refractivity contribution in [2.75, 3.05) is 25.7 Å². The largest absolute Gasteiger partial charge is 0.493 e. The summed E-state index contributed by atoms with van der Waals surface area (Å²) in [4.78, 5) is 28.7. The lowest BCUT2D eigenvalue weighted by molar-refractivity contribution is -0.131. The van der Waals surface area contributed by atoms with E-state index >= 15 is 0 Å². The number of benzene rings is 2. The van der Waals surface area contributed by atoms with E-state index in [1.165, 1.54) is 11.8 Å². The first-order valence-corrected chi connectivity index (χ1v) is 9.85. The van der Waals surface area contributed by atoms with Gasteiger partial charge in [-0.05, 0) is 43.7 Å². The van der Waals surface area contributed by atoms with Gasteiger partial charge in [-0.25, -0.2) is 0 Å². The normalized spacial score (nSPS) is 18.4. The maximum Gasteiger partial charge on any atom is 0.252 e. The van der Waals surface area contributed by atoms with Crippen LogP contribution in [0.15, 0.2) is 47.4 Å². The Morgan fingerprint density at radius 1 is 1.14 bits per heavy atom. The van der Waals surface area contributed by atoms with Gasteiger partial charge in [-0.2, -0.15) is 0 Å². The molecule has 0 aliphatic carbocycles. The van der Waals surface area contributed by atoms with Gasteiger partial charge >= 0.3 is 0 Å². The second-order valence-electron chi connectivity index (χ2n) is 6.52. The molecule has 2 aromatic rings. The Labute approximate surface area is 169 Å². The van der Waals surface area contributed by atoms with Crippen LogP contribution >= 0.6 is 11.8 Å². The molecule has 3 rings (SSSR count). The monoisotopic (exact) mass is 400 g/mol. The number of amides is 2. The molecule has 1 aliphatic heterocycles. The van der Waals surface area contributed by atoms with E-state index in [2.05, 4.69) is 5.32 Å². The number of nitrogens with one attached hydrogen (secondary N) is 1. The van der Waals surface area contributed by atoms with E-state index in [0.29, 0.717) is 18.0 Å². The first kappa shape index (κ1) is 20.1. The summed E-state index contributed by atoms with van der Waals surface area (Å²) in [6.07, 6.45) is 0. The lowest BCUT2D eigenvalue weighted by Crippen LogP contribution is -2.56. The summed E-state index contributed by atoms with van der Waals surface area (Å²) in [5.41, 5.74) is 1.71. The third-order valence-electron chi connectivity index (χ3n) is 4.77. The van der Waals surface area contributed by atoms with Crippen molar-refractivity contribution in [3.8, 4) is 11.5 Å². The quantitative estimate of drug-likeness (QED) is 0.754. The fourth-order valence-corrected chi connectivity index (χ4v) is 4.43. The van der Waals surface area contributed by atoms with Crippen molar-refractivity contribution in [3.05, 3.63) is 48.0 Å². The van der Waals surface area contributed by atoms with E-state index in [-0.39, 0.29) is 18.4 Å². The number of anilines is 1. The smallest absolute Gasteiger partial charge is 0.252 e. The Bertz CT molecular complexity index is 902. The van der Waals surface area contributed by atoms with E-state index in [1.807, 2.05) is 43.3 Å². The number of hydrogen-bond acceptors (Lipinski definition) is 5. The number of fused-ring (bicyclic) bond motifs is 1. The topological polar surface area (TPSA) is 67.9 Å². The first-order chi connectivity index (χ1) is 13.4. The summed E-state index contributed by atoms with van der Waals surface area (Å²) in [6.45, 7) is 4.39. The number of nitrogens with zero attached hydrogens (tertiary/aromatic N) is 1. The van der Waals surface area contributed by atoms with E-state index < -0.39 is 4.75 Å². The molecule has 0 saturated heterocycles. The average molecular weight is 401 g/mol. The fraction of sp³-hybridized carbons (Fsp3) is 0.333. The molecule has 1 heterocycles. The SMILES string of the molecule is CCN1C(=O)C(C)(C(=O)NCc2ccc(OC)c(OC)c2)Sc2ccccc21. The minimum absolute atomic E-state index is 0.205. The first-order valence-electron chi connectivity index (χ1n) is 9.03. The number of carbonyl (C=O) groups is 2. The molecule has 0 saturated carbocycles. The zero-order chi connectivity index (χ0) is 20.3. The molecule has 2 aromatic carbocycles. The highest BCUT2D eigenvalue weighted by Gasteiger charge is 2.48. The molecule has 0 radical (unpaired) electrons. The van der Waals surface area contributed by atoms with Crippen LogP contribution in [0.2, 0.25) is 0 Å². The van der Waals surface area contributed by atoms with Crippen LogP contribution < -0.4 is 19.7 Å². The van der Waals surface area contributed by atoms with Crippen molar-refractivity contribution in [1.29, 1.82) is 0 Å². The lowest BCUT2D eigenvalue weighted by atomic mass is 10.1. The standard InChI is InChI=1S/C21H24N2O4S/c1-5-23-15-8-6-7-9-18(15)28-21(2,20(23)25)19(24)22-13-14-10-11-16(26-3)17(12-14)27-4/h6-12H,5,13H2,1-4H3,(H,22,24). The molecular weight excluding hydrogens is 376 g/mol. The number of rotatable bonds is 6. The predicted octanol–water partition coefficient (Wildman–Crippen LogP) is 3.24. The molecule has 0 bridgehead atoms.